The molecular weight excluding hydrogens is 322 g/mol. The van der Waals surface area contributed by atoms with Gasteiger partial charge in [0.25, 0.3) is 0 Å². The summed E-state index contributed by atoms with van der Waals surface area (Å²) < 4.78 is 0. The van der Waals surface area contributed by atoms with Gasteiger partial charge < -0.3 is 10.2 Å². The molecule has 1 aromatic rings. The number of allylic oxidation sites excluding steroid dienone is 4. The van der Waals surface area contributed by atoms with Crippen LogP contribution < -0.4 is 10.2 Å². The second-order valence-electron chi connectivity index (χ2n) is 6.48. The molecular formula is C19H20ClN3O. The largest absolute Gasteiger partial charge is 0.378 e. The van der Waals surface area contributed by atoms with E-state index in [1.54, 1.807) is 0 Å². The summed E-state index contributed by atoms with van der Waals surface area (Å²) in [6.45, 7) is 1.89. The van der Waals surface area contributed by atoms with E-state index >= 15 is 0 Å². The molecule has 1 aliphatic heterocycles. The number of ketones is 1. The molecule has 5 heteroatoms. The van der Waals surface area contributed by atoms with Crippen LogP contribution in [0.3, 0.4) is 0 Å². The van der Waals surface area contributed by atoms with Crippen LogP contribution in [0.4, 0.5) is 5.69 Å². The molecule has 3 rings (SSSR count). The Morgan fingerprint density at radius 1 is 1.33 bits per heavy atom. The first-order valence-electron chi connectivity index (χ1n) is 8.05. The van der Waals surface area contributed by atoms with Crippen molar-refractivity contribution in [3.05, 3.63) is 51.3 Å². The molecule has 124 valence electrons. The number of carbonyl (C=O) groups is 1. The second-order valence-corrected chi connectivity index (χ2v) is 6.88. The molecule has 0 unspecified atom stereocenters. The number of benzene rings is 1. The Kier molecular flexibility index (Phi) is 4.38. The topological polar surface area (TPSA) is 56.1 Å². The van der Waals surface area contributed by atoms with Gasteiger partial charge in [0, 0.05) is 48.2 Å². The summed E-state index contributed by atoms with van der Waals surface area (Å²) in [5.74, 6) is -0.260. The van der Waals surface area contributed by atoms with Crippen LogP contribution in [0.2, 0.25) is 5.02 Å². The molecule has 1 N–H and O–H groups in total. The Labute approximate surface area is 147 Å². The van der Waals surface area contributed by atoms with Crippen molar-refractivity contribution in [2.24, 2.45) is 0 Å². The van der Waals surface area contributed by atoms with Crippen molar-refractivity contribution >= 4 is 23.1 Å². The van der Waals surface area contributed by atoms with E-state index in [-0.39, 0.29) is 11.7 Å². The zero-order valence-electron chi connectivity index (χ0n) is 14.1. The van der Waals surface area contributed by atoms with E-state index in [1.165, 1.54) is 0 Å². The molecule has 2 aliphatic rings. The zero-order chi connectivity index (χ0) is 17.4. The molecule has 24 heavy (non-hydrogen) atoms. The third kappa shape index (κ3) is 2.70. The minimum absolute atomic E-state index is 0.113. The van der Waals surface area contributed by atoms with Gasteiger partial charge in [0.05, 0.1) is 17.6 Å². The van der Waals surface area contributed by atoms with Gasteiger partial charge >= 0.3 is 0 Å². The lowest BCUT2D eigenvalue weighted by molar-refractivity contribution is -0.116. The van der Waals surface area contributed by atoms with Crippen molar-refractivity contribution in [3.8, 4) is 6.07 Å². The van der Waals surface area contributed by atoms with Gasteiger partial charge in [-0.1, -0.05) is 17.7 Å². The zero-order valence-corrected chi connectivity index (χ0v) is 14.9. The van der Waals surface area contributed by atoms with Gasteiger partial charge in [-0.2, -0.15) is 5.26 Å². The van der Waals surface area contributed by atoms with E-state index < -0.39 is 0 Å². The molecule has 0 radical (unpaired) electrons. The highest BCUT2D eigenvalue weighted by molar-refractivity contribution is 6.32. The van der Waals surface area contributed by atoms with E-state index in [1.807, 2.05) is 44.1 Å². The highest BCUT2D eigenvalue weighted by Gasteiger charge is 2.36. The number of hydrogen-bond donors (Lipinski definition) is 1. The molecule has 0 fully saturated rings. The van der Waals surface area contributed by atoms with Crippen molar-refractivity contribution in [3.63, 3.8) is 0 Å². The molecule has 0 bridgehead atoms. The van der Waals surface area contributed by atoms with Gasteiger partial charge in [-0.3, -0.25) is 4.79 Å². The van der Waals surface area contributed by atoms with Gasteiger partial charge in [-0.05, 0) is 37.5 Å². The Balaban J connectivity index is 2.18. The number of Topliss-reactive ketones (excluding diaryl/α,β-unsaturated/α-hetero) is 1. The Morgan fingerprint density at radius 3 is 2.71 bits per heavy atom. The summed E-state index contributed by atoms with van der Waals surface area (Å²) in [6.07, 6.45) is 2.21. The maximum Gasteiger partial charge on any atom is 0.161 e. The molecule has 1 heterocycles. The average molecular weight is 342 g/mol. The molecule has 0 saturated heterocycles. The minimum Gasteiger partial charge on any atom is -0.378 e. The first-order chi connectivity index (χ1) is 11.4. The standard InChI is InChI=1S/C19H20ClN3O/c1-11-14(10-21)18(19-16(22-11)5-4-6-17(19)24)13-8-7-12(23(2)3)9-15(13)20/h7-9,18,22H,4-6H2,1-3H3/t18-/m1/s1. The van der Waals surface area contributed by atoms with E-state index in [2.05, 4.69) is 11.4 Å². The van der Waals surface area contributed by atoms with Crippen molar-refractivity contribution in [2.75, 3.05) is 19.0 Å². The fourth-order valence-electron chi connectivity index (χ4n) is 3.47. The molecule has 0 saturated carbocycles. The minimum atomic E-state index is -0.372. The third-order valence-corrected chi connectivity index (χ3v) is 5.04. The van der Waals surface area contributed by atoms with E-state index in [0.717, 1.165) is 35.5 Å². The fraction of sp³-hybridized carbons (Fsp3) is 0.368. The van der Waals surface area contributed by atoms with Crippen molar-refractivity contribution in [2.45, 2.75) is 32.1 Å². The summed E-state index contributed by atoms with van der Waals surface area (Å²) in [5.41, 5.74) is 4.85. The van der Waals surface area contributed by atoms with Gasteiger partial charge in [0.15, 0.2) is 5.78 Å². The lowest BCUT2D eigenvalue weighted by Crippen LogP contribution is -2.31. The van der Waals surface area contributed by atoms with Gasteiger partial charge in [-0.15, -0.1) is 0 Å². The number of halogens is 1. The number of anilines is 1. The third-order valence-electron chi connectivity index (χ3n) is 4.71. The maximum atomic E-state index is 12.6. The summed E-state index contributed by atoms with van der Waals surface area (Å²) in [7, 11) is 3.90. The number of dihydropyridines is 1. The molecule has 4 nitrogen and oxygen atoms in total. The number of rotatable bonds is 2. The van der Waals surface area contributed by atoms with E-state index in [4.69, 9.17) is 11.6 Å². The Morgan fingerprint density at radius 2 is 2.08 bits per heavy atom. The highest BCUT2D eigenvalue weighted by Crippen LogP contribution is 2.44. The number of hydrogen-bond acceptors (Lipinski definition) is 4. The molecule has 1 atom stereocenters. The van der Waals surface area contributed by atoms with Crippen LogP contribution in [0.5, 0.6) is 0 Å². The summed E-state index contributed by atoms with van der Waals surface area (Å²) in [6, 6.07) is 8.08. The van der Waals surface area contributed by atoms with Gasteiger partial charge in [0.1, 0.15) is 0 Å². The predicted octanol–water partition coefficient (Wildman–Crippen LogP) is 3.90. The first-order valence-corrected chi connectivity index (χ1v) is 8.42. The van der Waals surface area contributed by atoms with Gasteiger partial charge in [0.2, 0.25) is 0 Å². The first kappa shape index (κ1) is 16.6. The average Bonchev–Trinajstić information content (AvgIpc) is 2.53. The summed E-state index contributed by atoms with van der Waals surface area (Å²) in [5, 5.41) is 13.5. The predicted molar refractivity (Wildman–Crippen MR) is 95.9 cm³/mol. The van der Waals surface area contributed by atoms with Crippen LogP contribution in [-0.2, 0) is 4.79 Å². The quantitative estimate of drug-likeness (QED) is 0.886. The van der Waals surface area contributed by atoms with Crippen LogP contribution in [0.15, 0.2) is 40.7 Å². The molecule has 0 aromatic heterocycles. The molecule has 0 amide bonds. The monoisotopic (exact) mass is 341 g/mol. The summed E-state index contributed by atoms with van der Waals surface area (Å²) in [4.78, 5) is 14.6. The molecule has 0 spiro atoms. The Bertz CT molecular complexity index is 814. The van der Waals surface area contributed by atoms with E-state index in [9.17, 15) is 10.1 Å². The van der Waals surface area contributed by atoms with Crippen LogP contribution >= 0.6 is 11.6 Å². The molecule has 1 aromatic carbocycles. The number of carbonyl (C=O) groups excluding carboxylic acids is 1. The van der Waals surface area contributed by atoms with Crippen molar-refractivity contribution in [1.82, 2.24) is 5.32 Å². The highest BCUT2D eigenvalue weighted by atomic mass is 35.5. The van der Waals surface area contributed by atoms with Crippen molar-refractivity contribution in [1.29, 1.82) is 5.26 Å². The lowest BCUT2D eigenvalue weighted by Gasteiger charge is -2.33. The number of nitrogens with zero attached hydrogens (tertiary/aromatic N) is 2. The fourth-order valence-corrected chi connectivity index (χ4v) is 3.75. The number of nitrogens with one attached hydrogen (secondary N) is 1. The van der Waals surface area contributed by atoms with Crippen molar-refractivity contribution < 1.29 is 4.79 Å². The molecule has 1 aliphatic carbocycles. The SMILES string of the molecule is CC1=C(C#N)[C@@H](c2ccc(N(C)C)cc2Cl)C2=C(CCCC2=O)N1. The van der Waals surface area contributed by atoms with Crippen LogP contribution in [0, 0.1) is 11.3 Å². The summed E-state index contributed by atoms with van der Waals surface area (Å²) >= 11 is 6.54. The van der Waals surface area contributed by atoms with Crippen LogP contribution in [0.1, 0.15) is 37.7 Å². The van der Waals surface area contributed by atoms with Crippen LogP contribution in [-0.4, -0.2) is 19.9 Å². The van der Waals surface area contributed by atoms with E-state index in [0.29, 0.717) is 22.6 Å². The van der Waals surface area contributed by atoms with Crippen LogP contribution in [0.25, 0.3) is 0 Å². The Hall–Kier alpha value is -2.25. The number of nitriles is 1. The lowest BCUT2D eigenvalue weighted by atomic mass is 9.75. The second kappa shape index (κ2) is 6.33. The smallest absolute Gasteiger partial charge is 0.161 e. The normalized spacial score (nSPS) is 20.5. The van der Waals surface area contributed by atoms with Gasteiger partial charge in [-0.25, -0.2) is 0 Å². The maximum absolute atomic E-state index is 12.6.